The molecule has 0 unspecified atom stereocenters. The van der Waals surface area contributed by atoms with Gasteiger partial charge in [0.25, 0.3) is 5.91 Å². The summed E-state index contributed by atoms with van der Waals surface area (Å²) >= 11 is 0. The second-order valence-corrected chi connectivity index (χ2v) is 13.7. The van der Waals surface area contributed by atoms with E-state index in [1.165, 1.54) is 16.8 Å². The highest BCUT2D eigenvalue weighted by molar-refractivity contribution is 5.99. The lowest BCUT2D eigenvalue weighted by Gasteiger charge is -2.28. The van der Waals surface area contributed by atoms with E-state index in [0.29, 0.717) is 30.7 Å². The van der Waals surface area contributed by atoms with Gasteiger partial charge in [-0.2, -0.15) is 0 Å². The van der Waals surface area contributed by atoms with Crippen LogP contribution in [-0.4, -0.2) is 101 Å². The maximum Gasteiger partial charge on any atom is 0.272 e. The lowest BCUT2D eigenvalue weighted by atomic mass is 10.0. The second-order valence-electron chi connectivity index (χ2n) is 13.7. The van der Waals surface area contributed by atoms with E-state index in [9.17, 15) is 24.0 Å². The Morgan fingerprint density at radius 3 is 2.52 bits per heavy atom. The molecule has 272 valence electrons. The molecule has 4 aromatic rings. The van der Waals surface area contributed by atoms with Gasteiger partial charge >= 0.3 is 0 Å². The van der Waals surface area contributed by atoms with Gasteiger partial charge in [-0.3, -0.25) is 24.0 Å². The number of para-hydroxylation sites is 1. The Labute approximate surface area is 303 Å². The molecule has 1 aromatic heterocycles. The number of carbonyl (C=O) groups is 5. The minimum absolute atomic E-state index is 0.0289. The number of pyridine rings is 1. The highest BCUT2D eigenvalue weighted by atomic mass is 16.5. The van der Waals surface area contributed by atoms with Gasteiger partial charge in [-0.1, -0.05) is 74.0 Å². The minimum atomic E-state index is -1.00. The van der Waals surface area contributed by atoms with Crippen molar-refractivity contribution in [1.29, 1.82) is 0 Å². The van der Waals surface area contributed by atoms with E-state index in [0.717, 1.165) is 34.6 Å². The Morgan fingerprint density at radius 2 is 1.69 bits per heavy atom. The predicted octanol–water partition coefficient (Wildman–Crippen LogP) is 4.05. The molecule has 2 bridgehead atoms. The molecule has 12 heteroatoms. The summed E-state index contributed by atoms with van der Waals surface area (Å²) < 4.78 is 6.31. The zero-order valence-corrected chi connectivity index (χ0v) is 30.0. The predicted molar refractivity (Wildman–Crippen MR) is 197 cm³/mol. The number of likely N-dealkylation sites (N-methyl/N-ethyl adjacent to an activating group) is 2. The summed E-state index contributed by atoms with van der Waals surface area (Å²) in [4.78, 5) is 76.8. The minimum Gasteiger partial charge on any atom is -0.489 e. The second kappa shape index (κ2) is 16.2. The largest absolute Gasteiger partial charge is 0.489 e. The molecule has 2 aliphatic heterocycles. The number of hydrogen-bond donors (Lipinski definition) is 2. The van der Waals surface area contributed by atoms with Crippen molar-refractivity contribution in [3.05, 3.63) is 84.1 Å². The average molecular weight is 707 g/mol. The molecule has 0 aliphatic carbocycles. The first kappa shape index (κ1) is 36.3. The molecule has 0 radical (unpaired) electrons. The number of aromatic nitrogens is 1. The standard InChI is InChI=1S/C40H46N6O6/c1-4-5-16-35(47)42-29-21-30-25-52-34-15-9-12-27-17-18-32(43-38(27)34)40(51)45(3)33(19-20-36(48)44(2)24-37(49)46(30)23-29)39(50)41-22-28-13-8-11-26-10-6-7-14-31(26)28/h6-15,17-18,29-30,33H,4-5,16,19-25H2,1-3H3,(H,41,50)(H,42,47)/t29-,30-,33-/m0/s1. The number of rotatable bonds is 7. The first-order chi connectivity index (χ1) is 25.1. The number of fused-ring (bicyclic) bond motifs is 3. The number of amides is 5. The van der Waals surface area contributed by atoms with Gasteiger partial charge < -0.3 is 30.1 Å². The van der Waals surface area contributed by atoms with Crippen molar-refractivity contribution in [1.82, 2.24) is 30.3 Å². The molecule has 3 atom stereocenters. The fourth-order valence-corrected chi connectivity index (χ4v) is 7.07. The average Bonchev–Trinajstić information content (AvgIpc) is 3.56. The number of nitrogens with one attached hydrogen (secondary N) is 2. The van der Waals surface area contributed by atoms with Crippen LogP contribution >= 0.6 is 0 Å². The van der Waals surface area contributed by atoms with Crippen LogP contribution in [0.15, 0.2) is 72.8 Å². The van der Waals surface area contributed by atoms with Crippen molar-refractivity contribution < 1.29 is 28.7 Å². The summed E-state index contributed by atoms with van der Waals surface area (Å²) in [5.74, 6) is -1.11. The molecule has 5 amide bonds. The number of hydrogen-bond acceptors (Lipinski definition) is 7. The van der Waals surface area contributed by atoms with Crippen LogP contribution in [0.1, 0.15) is 61.5 Å². The maximum absolute atomic E-state index is 14.0. The van der Waals surface area contributed by atoms with Gasteiger partial charge in [0.1, 0.15) is 29.6 Å². The molecule has 3 aromatic carbocycles. The van der Waals surface area contributed by atoms with Crippen molar-refractivity contribution in [2.24, 2.45) is 0 Å². The summed E-state index contributed by atoms with van der Waals surface area (Å²) in [6.07, 6.45) is 2.54. The molecule has 2 aliphatic rings. The van der Waals surface area contributed by atoms with E-state index >= 15 is 0 Å². The Bertz CT molecular complexity index is 1980. The smallest absolute Gasteiger partial charge is 0.272 e. The van der Waals surface area contributed by atoms with E-state index in [1.54, 1.807) is 30.1 Å². The summed E-state index contributed by atoms with van der Waals surface area (Å²) in [7, 11) is 3.09. The zero-order chi connectivity index (χ0) is 36.8. The molecule has 2 N–H and O–H groups in total. The van der Waals surface area contributed by atoms with E-state index in [2.05, 4.69) is 10.6 Å². The Hall–Kier alpha value is -5.52. The van der Waals surface area contributed by atoms with Crippen molar-refractivity contribution in [2.75, 3.05) is 33.8 Å². The number of unbranched alkanes of at least 4 members (excludes halogenated alkanes) is 1. The number of ether oxygens (including phenoxy) is 1. The van der Waals surface area contributed by atoms with Crippen LogP contribution in [0, 0.1) is 0 Å². The molecular formula is C40H46N6O6. The molecular weight excluding hydrogens is 660 g/mol. The lowest BCUT2D eigenvalue weighted by molar-refractivity contribution is -0.140. The topological polar surface area (TPSA) is 141 Å². The third-order valence-electron chi connectivity index (χ3n) is 10.0. The van der Waals surface area contributed by atoms with Crippen LogP contribution in [0.2, 0.25) is 0 Å². The van der Waals surface area contributed by atoms with Crippen molar-refractivity contribution in [3.63, 3.8) is 0 Å². The van der Waals surface area contributed by atoms with Gasteiger partial charge in [-0.15, -0.1) is 0 Å². The third-order valence-corrected chi connectivity index (χ3v) is 10.0. The summed E-state index contributed by atoms with van der Waals surface area (Å²) in [6, 6.07) is 21.0. The quantitative estimate of drug-likeness (QED) is 0.296. The normalized spacial score (nSPS) is 20.2. The van der Waals surface area contributed by atoms with Crippen LogP contribution < -0.4 is 15.4 Å². The van der Waals surface area contributed by atoms with Crippen LogP contribution in [0.5, 0.6) is 5.75 Å². The lowest BCUT2D eigenvalue weighted by Crippen LogP contribution is -2.48. The van der Waals surface area contributed by atoms with Gasteiger partial charge in [-0.05, 0) is 47.7 Å². The molecule has 6 rings (SSSR count). The van der Waals surface area contributed by atoms with Crippen LogP contribution in [0.3, 0.4) is 0 Å². The molecule has 0 saturated carbocycles. The van der Waals surface area contributed by atoms with E-state index in [1.807, 2.05) is 61.5 Å². The first-order valence-electron chi connectivity index (χ1n) is 18.0. The van der Waals surface area contributed by atoms with E-state index in [4.69, 9.17) is 9.72 Å². The molecule has 3 heterocycles. The fraction of sp³-hybridized carbons (Fsp3) is 0.400. The third kappa shape index (κ3) is 8.17. The van der Waals surface area contributed by atoms with Crippen molar-refractivity contribution >= 4 is 51.2 Å². The number of nitrogens with zero attached hydrogens (tertiary/aromatic N) is 4. The Morgan fingerprint density at radius 1 is 0.923 bits per heavy atom. The Kier molecular flexibility index (Phi) is 11.3. The van der Waals surface area contributed by atoms with Gasteiger partial charge in [-0.25, -0.2) is 4.98 Å². The first-order valence-corrected chi connectivity index (χ1v) is 18.0. The highest BCUT2D eigenvalue weighted by Crippen LogP contribution is 2.27. The Balaban J connectivity index is 1.28. The summed E-state index contributed by atoms with van der Waals surface area (Å²) in [5, 5.41) is 8.87. The van der Waals surface area contributed by atoms with Gasteiger partial charge in [0.15, 0.2) is 0 Å². The molecule has 0 spiro atoms. The molecule has 12 nitrogen and oxygen atoms in total. The van der Waals surface area contributed by atoms with Crippen LogP contribution in [0.25, 0.3) is 21.7 Å². The van der Waals surface area contributed by atoms with E-state index < -0.39 is 17.9 Å². The molecule has 1 saturated heterocycles. The van der Waals surface area contributed by atoms with Crippen LogP contribution in [-0.2, 0) is 25.7 Å². The summed E-state index contributed by atoms with van der Waals surface area (Å²) in [6.45, 7) is 2.49. The van der Waals surface area contributed by atoms with E-state index in [-0.39, 0.29) is 68.0 Å². The SMILES string of the molecule is CCCCC(=O)N[C@H]1C[C@H]2COc3cccc4ccc(nc34)C(=O)N(C)[C@H](C(=O)NCc3cccc4ccccc34)CCC(=O)N(C)CC(=O)N2C1. The summed E-state index contributed by atoms with van der Waals surface area (Å²) in [5.41, 5.74) is 1.52. The van der Waals surface area contributed by atoms with Crippen molar-refractivity contribution in [2.45, 2.75) is 70.1 Å². The molecule has 52 heavy (non-hydrogen) atoms. The highest BCUT2D eigenvalue weighted by Gasteiger charge is 2.37. The monoisotopic (exact) mass is 706 g/mol. The number of carbonyl (C=O) groups excluding carboxylic acids is 5. The maximum atomic E-state index is 14.0. The van der Waals surface area contributed by atoms with Crippen molar-refractivity contribution in [3.8, 4) is 5.75 Å². The number of benzene rings is 3. The van der Waals surface area contributed by atoms with Gasteiger partial charge in [0, 0.05) is 51.5 Å². The molecule has 1 fully saturated rings. The van der Waals surface area contributed by atoms with Gasteiger partial charge in [0.05, 0.1) is 12.6 Å². The fourth-order valence-electron chi connectivity index (χ4n) is 7.07. The van der Waals surface area contributed by atoms with Gasteiger partial charge in [0.2, 0.25) is 23.6 Å². The van der Waals surface area contributed by atoms with Crippen LogP contribution in [0.4, 0.5) is 0 Å². The zero-order valence-electron chi connectivity index (χ0n) is 30.0.